The first-order valence-corrected chi connectivity index (χ1v) is 5.66. The van der Waals surface area contributed by atoms with E-state index in [9.17, 15) is 4.39 Å². The van der Waals surface area contributed by atoms with Crippen LogP contribution in [0, 0.1) is 0 Å². The zero-order valence-electron chi connectivity index (χ0n) is 10.1. The van der Waals surface area contributed by atoms with Gasteiger partial charge in [-0.2, -0.15) is 0 Å². The molecule has 1 rings (SSSR count). The Morgan fingerprint density at radius 1 is 1.25 bits per heavy atom. The fourth-order valence-electron chi connectivity index (χ4n) is 1.54. The predicted molar refractivity (Wildman–Crippen MR) is 65.7 cm³/mol. The maximum absolute atomic E-state index is 13.9. The molecule has 1 unspecified atom stereocenters. The molecular weight excluding hydrogens is 227 g/mol. The van der Waals surface area contributed by atoms with E-state index in [0.29, 0.717) is 10.6 Å². The van der Waals surface area contributed by atoms with Crippen molar-refractivity contribution in [2.45, 2.75) is 38.8 Å². The average molecular weight is 245 g/mol. The summed E-state index contributed by atoms with van der Waals surface area (Å²) in [5, 5.41) is 9.49. The molecule has 1 nitrogen and oxygen atoms in total. The van der Waals surface area contributed by atoms with Crippen LogP contribution in [-0.4, -0.2) is 11.7 Å². The zero-order chi connectivity index (χ0) is 12.6. The van der Waals surface area contributed by atoms with E-state index in [4.69, 9.17) is 16.7 Å². The number of hydrogen-bond acceptors (Lipinski definition) is 1. The van der Waals surface area contributed by atoms with E-state index in [2.05, 4.69) is 20.8 Å². The minimum Gasteiger partial charge on any atom is -0.393 e. The molecule has 16 heavy (non-hydrogen) atoms. The van der Waals surface area contributed by atoms with Crippen molar-refractivity contribution in [2.24, 2.45) is 0 Å². The highest BCUT2D eigenvalue weighted by molar-refractivity contribution is 6.31. The van der Waals surface area contributed by atoms with E-state index >= 15 is 0 Å². The summed E-state index contributed by atoms with van der Waals surface area (Å²) in [5.41, 5.74) is -0.415. The van der Waals surface area contributed by atoms with Gasteiger partial charge in [0.25, 0.3) is 0 Å². The molecule has 0 aromatic heterocycles. The third-order valence-electron chi connectivity index (χ3n) is 2.68. The lowest BCUT2D eigenvalue weighted by atomic mass is 9.85. The van der Waals surface area contributed by atoms with Crippen molar-refractivity contribution >= 4 is 11.6 Å². The highest BCUT2D eigenvalue weighted by atomic mass is 35.5. The monoisotopic (exact) mass is 244 g/mol. The largest absolute Gasteiger partial charge is 0.393 e. The lowest BCUT2D eigenvalue weighted by Gasteiger charge is -2.24. The van der Waals surface area contributed by atoms with Crippen molar-refractivity contribution in [3.63, 3.8) is 0 Å². The second-order valence-corrected chi connectivity index (χ2v) is 5.71. The van der Waals surface area contributed by atoms with Crippen molar-refractivity contribution in [3.05, 3.63) is 34.3 Å². The number of hydrogen-bond donors (Lipinski definition) is 1. The Balaban J connectivity index is 3.20. The number of aliphatic hydroxyl groups excluding tert-OH is 1. The van der Waals surface area contributed by atoms with Crippen LogP contribution in [0.25, 0.3) is 0 Å². The molecule has 1 aromatic rings. The topological polar surface area (TPSA) is 20.2 Å². The summed E-state index contributed by atoms with van der Waals surface area (Å²) < 4.78 is 13.9. The van der Waals surface area contributed by atoms with Gasteiger partial charge in [-0.15, -0.1) is 0 Å². The van der Waals surface area contributed by atoms with Crippen LogP contribution in [0.5, 0.6) is 0 Å². The second kappa shape index (κ2) is 4.34. The first kappa shape index (κ1) is 13.5. The first-order chi connectivity index (χ1) is 7.18. The molecule has 3 heteroatoms. The van der Waals surface area contributed by atoms with Crippen molar-refractivity contribution < 1.29 is 9.50 Å². The van der Waals surface area contributed by atoms with Gasteiger partial charge in [-0.25, -0.2) is 4.39 Å². The molecule has 0 aliphatic heterocycles. The van der Waals surface area contributed by atoms with Gasteiger partial charge in [-0.1, -0.05) is 44.5 Å². The second-order valence-electron chi connectivity index (χ2n) is 5.30. The number of alkyl halides is 1. The van der Waals surface area contributed by atoms with Crippen LogP contribution in [0.2, 0.25) is 5.02 Å². The van der Waals surface area contributed by atoms with Gasteiger partial charge in [0.05, 0.1) is 6.61 Å². The Hall–Kier alpha value is -0.600. The lowest BCUT2D eigenvalue weighted by Crippen LogP contribution is -2.21. The van der Waals surface area contributed by atoms with E-state index in [1.807, 2.05) is 6.07 Å². The smallest absolute Gasteiger partial charge is 0.156 e. The summed E-state index contributed by atoms with van der Waals surface area (Å²) in [4.78, 5) is 0. The molecule has 1 aromatic carbocycles. The van der Waals surface area contributed by atoms with Gasteiger partial charge in [0, 0.05) is 5.02 Å². The summed E-state index contributed by atoms with van der Waals surface area (Å²) in [6.07, 6.45) is 0. The molecule has 0 amide bonds. The molecule has 0 heterocycles. The van der Waals surface area contributed by atoms with Gasteiger partial charge in [-0.05, 0) is 29.5 Å². The Kier molecular flexibility index (Phi) is 3.65. The van der Waals surface area contributed by atoms with Crippen LogP contribution in [0.1, 0.15) is 38.8 Å². The fourth-order valence-corrected chi connectivity index (χ4v) is 2.00. The first-order valence-electron chi connectivity index (χ1n) is 5.29. The van der Waals surface area contributed by atoms with Crippen LogP contribution in [0.3, 0.4) is 0 Å². The highest BCUT2D eigenvalue weighted by Crippen LogP contribution is 2.34. The van der Waals surface area contributed by atoms with Gasteiger partial charge in [-0.3, -0.25) is 0 Å². The summed E-state index contributed by atoms with van der Waals surface area (Å²) in [6.45, 7) is 6.95. The standard InChI is InChI=1S/C13H18ClFO/c1-12(2,3)10-6-5-9(7-11(10)14)13(4,15)8-16/h5-7,16H,8H2,1-4H3. The molecule has 90 valence electrons. The number of rotatable bonds is 2. The normalized spacial score (nSPS) is 15.9. The molecule has 0 saturated heterocycles. The fraction of sp³-hybridized carbons (Fsp3) is 0.538. The average Bonchev–Trinajstić information content (AvgIpc) is 2.15. The SMILES string of the molecule is CC(C)(C)c1ccc(C(C)(F)CO)cc1Cl. The van der Waals surface area contributed by atoms with Crippen molar-refractivity contribution in [3.8, 4) is 0 Å². The molecular formula is C13H18ClFO. The van der Waals surface area contributed by atoms with E-state index in [1.54, 1.807) is 12.1 Å². The molecule has 0 radical (unpaired) electrons. The third-order valence-corrected chi connectivity index (χ3v) is 2.99. The predicted octanol–water partition coefficient (Wildman–Crippen LogP) is 3.81. The number of aliphatic hydroxyl groups is 1. The van der Waals surface area contributed by atoms with Crippen LogP contribution in [0.4, 0.5) is 4.39 Å². The molecule has 0 saturated carbocycles. The molecule has 0 spiro atoms. The Morgan fingerprint density at radius 2 is 1.81 bits per heavy atom. The number of halogens is 2. The van der Waals surface area contributed by atoms with E-state index in [-0.39, 0.29) is 5.41 Å². The summed E-state index contributed by atoms with van der Waals surface area (Å²) in [6, 6.07) is 5.10. The molecule has 0 fully saturated rings. The maximum atomic E-state index is 13.9. The van der Waals surface area contributed by atoms with Gasteiger partial charge >= 0.3 is 0 Å². The van der Waals surface area contributed by atoms with Gasteiger partial charge in [0.15, 0.2) is 5.67 Å². The van der Waals surface area contributed by atoms with E-state index in [0.717, 1.165) is 5.56 Å². The molecule has 0 bridgehead atoms. The summed E-state index contributed by atoms with van der Waals surface area (Å²) >= 11 is 6.13. The zero-order valence-corrected chi connectivity index (χ0v) is 10.9. The van der Waals surface area contributed by atoms with Crippen LogP contribution in [-0.2, 0) is 11.1 Å². The van der Waals surface area contributed by atoms with E-state index in [1.165, 1.54) is 6.92 Å². The summed E-state index contributed by atoms with van der Waals surface area (Å²) in [5.74, 6) is 0. The molecule has 1 N–H and O–H groups in total. The maximum Gasteiger partial charge on any atom is 0.156 e. The highest BCUT2D eigenvalue weighted by Gasteiger charge is 2.26. The van der Waals surface area contributed by atoms with Crippen molar-refractivity contribution in [1.82, 2.24) is 0 Å². The molecule has 0 aliphatic carbocycles. The van der Waals surface area contributed by atoms with Gasteiger partial charge in [0.2, 0.25) is 0 Å². The van der Waals surface area contributed by atoms with Crippen LogP contribution >= 0.6 is 11.6 Å². The van der Waals surface area contributed by atoms with Crippen molar-refractivity contribution in [1.29, 1.82) is 0 Å². The number of benzene rings is 1. The Morgan fingerprint density at radius 3 is 2.19 bits per heavy atom. The Labute approximate surface area is 101 Å². The van der Waals surface area contributed by atoms with Crippen LogP contribution < -0.4 is 0 Å². The third kappa shape index (κ3) is 2.74. The van der Waals surface area contributed by atoms with Crippen molar-refractivity contribution in [2.75, 3.05) is 6.61 Å². The quantitative estimate of drug-likeness (QED) is 0.839. The summed E-state index contributed by atoms with van der Waals surface area (Å²) in [7, 11) is 0. The lowest BCUT2D eigenvalue weighted by molar-refractivity contribution is 0.0867. The Bertz CT molecular complexity index is 380. The van der Waals surface area contributed by atoms with E-state index < -0.39 is 12.3 Å². The van der Waals surface area contributed by atoms with Crippen LogP contribution in [0.15, 0.2) is 18.2 Å². The molecule has 1 atom stereocenters. The molecule has 0 aliphatic rings. The van der Waals surface area contributed by atoms with Gasteiger partial charge < -0.3 is 5.11 Å². The van der Waals surface area contributed by atoms with Gasteiger partial charge in [0.1, 0.15) is 0 Å². The minimum absolute atomic E-state index is 0.0679. The minimum atomic E-state index is -1.74.